The molecular formula is C52H47F3IrN2O-2. The van der Waals surface area contributed by atoms with E-state index in [1.165, 1.54) is 42.6 Å². The number of pyridine rings is 2. The number of hydrogen-bond donors (Lipinski definition) is 0. The molecule has 303 valence electrons. The Morgan fingerprint density at radius 2 is 1.46 bits per heavy atom. The number of fused-ring (bicyclic) bond motifs is 3. The van der Waals surface area contributed by atoms with Gasteiger partial charge < -0.3 is 14.4 Å². The number of rotatable bonds is 7. The maximum atomic E-state index is 13.1. The maximum Gasteiger partial charge on any atom is 0.393 e. The topological polar surface area (TPSA) is 38.9 Å². The van der Waals surface area contributed by atoms with Crippen LogP contribution in [0.3, 0.4) is 0 Å². The molecule has 3 aromatic heterocycles. The quantitative estimate of drug-likeness (QED) is 0.149. The molecule has 8 rings (SSSR count). The molecule has 3 heterocycles. The van der Waals surface area contributed by atoms with Crippen molar-refractivity contribution < 1.29 is 52.8 Å². The third kappa shape index (κ3) is 9.75. The van der Waals surface area contributed by atoms with Gasteiger partial charge in [0.05, 0.1) is 12.4 Å². The van der Waals surface area contributed by atoms with Gasteiger partial charge in [0.15, 0.2) is 0 Å². The van der Waals surface area contributed by atoms with Crippen molar-refractivity contribution in [3.05, 3.63) is 168 Å². The van der Waals surface area contributed by atoms with Crippen LogP contribution in [0.4, 0.5) is 13.2 Å². The Labute approximate surface area is 374 Å². The van der Waals surface area contributed by atoms with E-state index in [4.69, 9.17) is 19.5 Å². The number of nitrogens with zero attached hydrogens (tertiary/aromatic N) is 2. The molecular weight excluding hydrogens is 918 g/mol. The summed E-state index contributed by atoms with van der Waals surface area (Å²) in [7, 11) is 0. The van der Waals surface area contributed by atoms with E-state index in [0.29, 0.717) is 28.0 Å². The van der Waals surface area contributed by atoms with Crippen molar-refractivity contribution in [1.82, 2.24) is 9.97 Å². The van der Waals surface area contributed by atoms with E-state index in [-0.39, 0.29) is 65.2 Å². The molecule has 0 amide bonds. The van der Waals surface area contributed by atoms with Crippen LogP contribution in [0.2, 0.25) is 0 Å². The fraction of sp³-hybridized carbons (Fsp3) is 0.231. The smallest absolute Gasteiger partial charge is 0.393 e. The van der Waals surface area contributed by atoms with Crippen LogP contribution in [-0.2, 0) is 32.9 Å². The minimum Gasteiger partial charge on any atom is -0.500 e. The summed E-state index contributed by atoms with van der Waals surface area (Å²) in [4.78, 5) is 8.62. The van der Waals surface area contributed by atoms with E-state index in [9.17, 15) is 13.2 Å². The normalized spacial score (nSPS) is 15.6. The number of benzene rings is 5. The first-order valence-electron chi connectivity index (χ1n) is 24.1. The van der Waals surface area contributed by atoms with Crippen LogP contribution in [0.15, 0.2) is 138 Å². The van der Waals surface area contributed by atoms with Crippen LogP contribution < -0.4 is 0 Å². The summed E-state index contributed by atoms with van der Waals surface area (Å²) < 4.78 is 138. The third-order valence-corrected chi connectivity index (χ3v) is 9.35. The molecule has 0 saturated carbocycles. The van der Waals surface area contributed by atoms with Gasteiger partial charge in [-0.05, 0) is 82.7 Å². The zero-order chi connectivity index (χ0) is 50.7. The zero-order valence-electron chi connectivity index (χ0n) is 43.9. The summed E-state index contributed by atoms with van der Waals surface area (Å²) in [5, 5.41) is 1.67. The summed E-state index contributed by atoms with van der Waals surface area (Å²) in [5.74, 6) is 0. The van der Waals surface area contributed by atoms with Crippen molar-refractivity contribution in [2.24, 2.45) is 10.8 Å². The zero-order valence-corrected chi connectivity index (χ0v) is 35.3. The molecule has 0 aliphatic heterocycles. The monoisotopic (exact) mass is 976 g/mol. The number of hydrogen-bond acceptors (Lipinski definition) is 3. The third-order valence-electron chi connectivity index (χ3n) is 9.35. The van der Waals surface area contributed by atoms with Gasteiger partial charge in [-0.1, -0.05) is 130 Å². The van der Waals surface area contributed by atoms with E-state index < -0.39 is 43.5 Å². The number of para-hydroxylation sites is 1. The average molecular weight is 976 g/mol. The van der Waals surface area contributed by atoms with Crippen LogP contribution in [-0.4, -0.2) is 16.1 Å². The van der Waals surface area contributed by atoms with E-state index >= 15 is 0 Å². The standard InChI is InChI=1S/C36H32NO.C16H15F3N.Ir/c1-23-19-25(21-36(3,4)5)17-18-27(23)32-20-33(37-22-24(32)2)31-16-10-15-30-29-14-9-13-28(34(29)38-35(30)31)26-11-7-6-8-12-26;1-15(2,16(17,18)19)11-12-6-8-13(9-7-12)14-5-3-4-10-20-14;/h6-15,17-20,22H,21H2,1-5H3;3-8,10H,11H2,1-2H3;/q2*-1;/i1D3,2D3,18D,21D2;11D2;. The van der Waals surface area contributed by atoms with Gasteiger partial charge >= 0.3 is 6.18 Å². The fourth-order valence-corrected chi connectivity index (χ4v) is 6.44. The molecule has 1 radical (unpaired) electrons. The molecule has 0 saturated heterocycles. The van der Waals surface area contributed by atoms with Crippen molar-refractivity contribution in [1.29, 1.82) is 0 Å². The number of halogens is 3. The summed E-state index contributed by atoms with van der Waals surface area (Å²) >= 11 is 0. The van der Waals surface area contributed by atoms with Crippen LogP contribution >= 0.6 is 0 Å². The van der Waals surface area contributed by atoms with Gasteiger partial charge in [-0.25, -0.2) is 0 Å². The molecule has 0 bridgehead atoms. The number of aromatic nitrogens is 2. The predicted molar refractivity (Wildman–Crippen MR) is 231 cm³/mol. The molecule has 59 heavy (non-hydrogen) atoms. The summed E-state index contributed by atoms with van der Waals surface area (Å²) in [6.45, 7) is 1.32. The summed E-state index contributed by atoms with van der Waals surface area (Å²) in [6.07, 6.45) is -6.42. The molecule has 0 atom stereocenters. The van der Waals surface area contributed by atoms with E-state index in [2.05, 4.69) is 22.1 Å². The van der Waals surface area contributed by atoms with Crippen LogP contribution in [0.1, 0.15) is 72.0 Å². The number of alkyl halides is 3. The Hall–Kier alpha value is -5.36. The average Bonchev–Trinajstić information content (AvgIpc) is 3.67. The molecule has 8 aromatic rings. The Morgan fingerprint density at radius 1 is 0.695 bits per heavy atom. The van der Waals surface area contributed by atoms with Crippen LogP contribution in [0.5, 0.6) is 0 Å². The van der Waals surface area contributed by atoms with Gasteiger partial charge in [-0.15, -0.1) is 53.6 Å². The second-order valence-corrected chi connectivity index (χ2v) is 15.4. The molecule has 7 heteroatoms. The largest absolute Gasteiger partial charge is 0.500 e. The first kappa shape index (κ1) is 30.6. The predicted octanol–water partition coefficient (Wildman–Crippen LogP) is 14.7. The molecule has 0 N–H and O–H groups in total. The SMILES string of the molecule is [2H]C([2H])(c1c[c-]c(-c2ccccn2)cc1)C(C)(C)C(F)(F)F.[2H]c1cc(C([2H])([2H])C(C)(C)C)cc(C([2H])([2H])[2H])c1-c1cc(-c2[c-]ccc3c2oc2c(-c4ccccc4)cccc23)ncc1C([2H])([2H])[2H].[Ir]. The van der Waals surface area contributed by atoms with Crippen molar-refractivity contribution in [3.8, 4) is 44.8 Å². The first-order chi connectivity index (χ1) is 32.0. The van der Waals surface area contributed by atoms with Gasteiger partial charge in [-0.3, -0.25) is 0 Å². The minimum atomic E-state index is -4.66. The molecule has 0 aliphatic rings. The van der Waals surface area contributed by atoms with Crippen LogP contribution in [0.25, 0.3) is 66.7 Å². The Kier molecular flexibility index (Phi) is 9.07. The van der Waals surface area contributed by atoms with Crippen molar-refractivity contribution in [2.75, 3.05) is 0 Å². The van der Waals surface area contributed by atoms with Crippen molar-refractivity contribution >= 4 is 21.9 Å². The van der Waals surface area contributed by atoms with Gasteiger partial charge in [0, 0.05) is 57.2 Å². The van der Waals surface area contributed by atoms with Gasteiger partial charge in [-0.2, -0.15) is 13.2 Å². The van der Waals surface area contributed by atoms with E-state index in [0.717, 1.165) is 35.7 Å². The molecule has 0 unspecified atom stereocenters. The van der Waals surface area contributed by atoms with Crippen LogP contribution in [0, 0.1) is 36.7 Å². The van der Waals surface area contributed by atoms with Gasteiger partial charge in [0.25, 0.3) is 0 Å². The minimum absolute atomic E-state index is 0. The Bertz CT molecular complexity index is 3150. The number of furan rings is 1. The van der Waals surface area contributed by atoms with Gasteiger partial charge in [0.1, 0.15) is 5.58 Å². The fourth-order valence-electron chi connectivity index (χ4n) is 6.44. The summed E-state index contributed by atoms with van der Waals surface area (Å²) in [5.41, 5.74) is 0.856. The molecule has 3 nitrogen and oxygen atoms in total. The van der Waals surface area contributed by atoms with Crippen molar-refractivity contribution in [3.63, 3.8) is 0 Å². The molecule has 0 spiro atoms. The second-order valence-electron chi connectivity index (χ2n) is 15.4. The maximum absolute atomic E-state index is 13.1. The number of aryl methyl sites for hydroxylation is 2. The molecule has 0 fully saturated rings. The van der Waals surface area contributed by atoms with Gasteiger partial charge in [0.2, 0.25) is 0 Å². The summed E-state index contributed by atoms with van der Waals surface area (Å²) in [6, 6.07) is 38.5. The first-order valence-corrected chi connectivity index (χ1v) is 18.6. The van der Waals surface area contributed by atoms with Crippen molar-refractivity contribution in [2.45, 2.75) is 67.2 Å². The Balaban J connectivity index is 0.000000294. The van der Waals surface area contributed by atoms with E-state index in [1.54, 1.807) is 51.2 Å². The van der Waals surface area contributed by atoms with E-state index in [1.807, 2.05) is 54.6 Å². The molecule has 5 aromatic carbocycles. The second kappa shape index (κ2) is 17.5. The molecule has 0 aliphatic carbocycles. The Morgan fingerprint density at radius 3 is 2.14 bits per heavy atom.